The Morgan fingerprint density at radius 3 is 2.53 bits per heavy atom. The number of tetrazole rings is 1. The molecule has 2 heterocycles. The van der Waals surface area contributed by atoms with E-state index in [1.807, 2.05) is 49.4 Å². The fourth-order valence-electron chi connectivity index (χ4n) is 3.01. The molecule has 0 saturated heterocycles. The third kappa shape index (κ3) is 3.77. The second-order valence-corrected chi connectivity index (χ2v) is 6.61. The van der Waals surface area contributed by atoms with Gasteiger partial charge in [-0.1, -0.05) is 12.1 Å². The predicted octanol–water partition coefficient (Wildman–Crippen LogP) is 2.32. The van der Waals surface area contributed by atoms with Crippen molar-refractivity contribution in [2.75, 3.05) is 7.11 Å². The minimum atomic E-state index is -0.334. The molecule has 0 atom stereocenters. The predicted molar refractivity (Wildman–Crippen MR) is 110 cm³/mol. The van der Waals surface area contributed by atoms with Crippen molar-refractivity contribution in [3.63, 3.8) is 0 Å². The molecule has 0 radical (unpaired) electrons. The number of ether oxygens (including phenoxy) is 2. The van der Waals surface area contributed by atoms with Crippen molar-refractivity contribution in [1.82, 2.24) is 29.8 Å². The van der Waals surface area contributed by atoms with E-state index in [1.165, 1.54) is 9.36 Å². The molecule has 30 heavy (non-hydrogen) atoms. The standard InChI is InChI=1S/C21H20N6O3/c1-14-5-4-6-19(27-21(28)26(2)24-25-27)17(14)13-30-20-22-12-11-18(23-20)15-7-9-16(29-3)10-8-15/h4-12H,13H2,1-3H3. The summed E-state index contributed by atoms with van der Waals surface area (Å²) in [6, 6.07) is 15.2. The van der Waals surface area contributed by atoms with Crippen LogP contribution in [0.2, 0.25) is 0 Å². The minimum Gasteiger partial charge on any atom is -0.497 e. The van der Waals surface area contributed by atoms with E-state index in [0.717, 1.165) is 28.1 Å². The number of rotatable bonds is 6. The molecule has 2 aromatic heterocycles. The van der Waals surface area contributed by atoms with Crippen molar-refractivity contribution in [2.45, 2.75) is 13.5 Å². The van der Waals surface area contributed by atoms with Crippen LogP contribution in [0.5, 0.6) is 11.8 Å². The summed E-state index contributed by atoms with van der Waals surface area (Å²) in [6.07, 6.45) is 1.65. The van der Waals surface area contributed by atoms with Crippen LogP contribution >= 0.6 is 0 Å². The first-order valence-corrected chi connectivity index (χ1v) is 9.25. The molecule has 9 heteroatoms. The molecule has 0 fully saturated rings. The van der Waals surface area contributed by atoms with Crippen LogP contribution in [0.4, 0.5) is 0 Å². The zero-order valence-corrected chi connectivity index (χ0v) is 16.8. The molecule has 0 spiro atoms. The monoisotopic (exact) mass is 404 g/mol. The summed E-state index contributed by atoms with van der Waals surface area (Å²) < 4.78 is 13.5. The summed E-state index contributed by atoms with van der Waals surface area (Å²) in [7, 11) is 3.18. The van der Waals surface area contributed by atoms with Crippen LogP contribution in [-0.4, -0.2) is 36.9 Å². The summed E-state index contributed by atoms with van der Waals surface area (Å²) in [4.78, 5) is 21.0. The third-order valence-electron chi connectivity index (χ3n) is 4.70. The first-order valence-electron chi connectivity index (χ1n) is 9.25. The molecule has 4 rings (SSSR count). The molecule has 0 aliphatic rings. The minimum absolute atomic E-state index is 0.178. The molecule has 0 aliphatic carbocycles. The maximum atomic E-state index is 12.3. The zero-order chi connectivity index (χ0) is 21.1. The van der Waals surface area contributed by atoms with E-state index in [-0.39, 0.29) is 18.3 Å². The topological polar surface area (TPSA) is 97.0 Å². The number of nitrogens with zero attached hydrogens (tertiary/aromatic N) is 6. The van der Waals surface area contributed by atoms with Gasteiger partial charge in [-0.15, -0.1) is 0 Å². The Hall–Kier alpha value is -4.01. The molecule has 0 saturated carbocycles. The zero-order valence-electron chi connectivity index (χ0n) is 16.8. The van der Waals surface area contributed by atoms with Crippen LogP contribution in [0.1, 0.15) is 11.1 Å². The lowest BCUT2D eigenvalue weighted by molar-refractivity contribution is 0.280. The average Bonchev–Trinajstić information content (AvgIpc) is 3.11. The fourth-order valence-corrected chi connectivity index (χ4v) is 3.01. The fraction of sp³-hybridized carbons (Fsp3) is 0.190. The normalized spacial score (nSPS) is 10.8. The van der Waals surface area contributed by atoms with E-state index in [2.05, 4.69) is 20.4 Å². The smallest absolute Gasteiger partial charge is 0.368 e. The summed E-state index contributed by atoms with van der Waals surface area (Å²) >= 11 is 0. The maximum absolute atomic E-state index is 12.3. The van der Waals surface area contributed by atoms with Gasteiger partial charge in [0.15, 0.2) is 0 Å². The number of aryl methyl sites for hydroxylation is 2. The number of hydrogen-bond donors (Lipinski definition) is 0. The first kappa shape index (κ1) is 19.3. The van der Waals surface area contributed by atoms with Gasteiger partial charge in [0.25, 0.3) is 0 Å². The van der Waals surface area contributed by atoms with Gasteiger partial charge in [-0.2, -0.15) is 14.3 Å². The van der Waals surface area contributed by atoms with Crippen LogP contribution in [0.15, 0.2) is 59.5 Å². The van der Waals surface area contributed by atoms with Crippen molar-refractivity contribution in [1.29, 1.82) is 0 Å². The highest BCUT2D eigenvalue weighted by molar-refractivity contribution is 5.60. The summed E-state index contributed by atoms with van der Waals surface area (Å²) in [5.74, 6) is 0.774. The van der Waals surface area contributed by atoms with Crippen molar-refractivity contribution >= 4 is 0 Å². The highest BCUT2D eigenvalue weighted by Gasteiger charge is 2.14. The van der Waals surface area contributed by atoms with E-state index in [4.69, 9.17) is 9.47 Å². The second-order valence-electron chi connectivity index (χ2n) is 6.61. The van der Waals surface area contributed by atoms with Crippen molar-refractivity contribution in [3.8, 4) is 28.7 Å². The molecule has 0 N–H and O–H groups in total. The Bertz CT molecular complexity index is 1230. The SMILES string of the molecule is COc1ccc(-c2ccnc(OCc3c(C)cccc3-n3nnn(C)c3=O)n2)cc1. The largest absolute Gasteiger partial charge is 0.497 e. The molecule has 0 bridgehead atoms. The summed E-state index contributed by atoms with van der Waals surface area (Å²) in [5, 5.41) is 7.71. The number of aromatic nitrogens is 6. The van der Waals surface area contributed by atoms with Crippen LogP contribution in [-0.2, 0) is 13.7 Å². The molecule has 0 amide bonds. The number of hydrogen-bond acceptors (Lipinski definition) is 7. The van der Waals surface area contributed by atoms with Crippen LogP contribution in [0.3, 0.4) is 0 Å². The van der Waals surface area contributed by atoms with Gasteiger partial charge >= 0.3 is 11.7 Å². The lowest BCUT2D eigenvalue weighted by Crippen LogP contribution is -2.23. The summed E-state index contributed by atoms with van der Waals surface area (Å²) in [6.45, 7) is 2.12. The number of benzene rings is 2. The van der Waals surface area contributed by atoms with Gasteiger partial charge in [-0.25, -0.2) is 9.78 Å². The molecule has 9 nitrogen and oxygen atoms in total. The van der Waals surface area contributed by atoms with Crippen LogP contribution < -0.4 is 15.2 Å². The Morgan fingerprint density at radius 1 is 1.03 bits per heavy atom. The Kier molecular flexibility index (Phi) is 5.25. The van der Waals surface area contributed by atoms with Crippen molar-refractivity contribution < 1.29 is 9.47 Å². The van der Waals surface area contributed by atoms with Gasteiger partial charge in [0.1, 0.15) is 12.4 Å². The highest BCUT2D eigenvalue weighted by atomic mass is 16.5. The van der Waals surface area contributed by atoms with Crippen molar-refractivity contribution in [2.24, 2.45) is 7.05 Å². The first-order chi connectivity index (χ1) is 14.6. The van der Waals surface area contributed by atoms with E-state index < -0.39 is 0 Å². The molecule has 2 aromatic carbocycles. The maximum Gasteiger partial charge on any atom is 0.368 e. The third-order valence-corrected chi connectivity index (χ3v) is 4.70. The van der Waals surface area contributed by atoms with E-state index in [1.54, 1.807) is 26.4 Å². The van der Waals surface area contributed by atoms with E-state index in [0.29, 0.717) is 5.69 Å². The van der Waals surface area contributed by atoms with Gasteiger partial charge in [0.05, 0.1) is 18.5 Å². The highest BCUT2D eigenvalue weighted by Crippen LogP contribution is 2.23. The summed E-state index contributed by atoms with van der Waals surface area (Å²) in [5.41, 5.74) is 3.69. The molecule has 0 unspecified atom stereocenters. The lowest BCUT2D eigenvalue weighted by Gasteiger charge is -2.12. The van der Waals surface area contributed by atoms with Gasteiger partial charge in [-0.3, -0.25) is 0 Å². The molecular weight excluding hydrogens is 384 g/mol. The Balaban J connectivity index is 1.60. The molecular formula is C21H20N6O3. The second kappa shape index (κ2) is 8.16. The van der Waals surface area contributed by atoms with Crippen LogP contribution in [0.25, 0.3) is 16.9 Å². The Labute approximate surface area is 172 Å². The van der Waals surface area contributed by atoms with E-state index in [9.17, 15) is 4.79 Å². The molecule has 4 aromatic rings. The quantitative estimate of drug-likeness (QED) is 0.486. The molecule has 0 aliphatic heterocycles. The van der Waals surface area contributed by atoms with Gasteiger partial charge in [0.2, 0.25) is 0 Å². The Morgan fingerprint density at radius 2 is 1.83 bits per heavy atom. The van der Waals surface area contributed by atoms with Gasteiger partial charge < -0.3 is 9.47 Å². The van der Waals surface area contributed by atoms with Crippen LogP contribution in [0, 0.1) is 6.92 Å². The van der Waals surface area contributed by atoms with E-state index >= 15 is 0 Å². The van der Waals surface area contributed by atoms with Crippen molar-refractivity contribution in [3.05, 3.63) is 76.3 Å². The van der Waals surface area contributed by atoms with Gasteiger partial charge in [-0.05, 0) is 59.3 Å². The lowest BCUT2D eigenvalue weighted by atomic mass is 10.1. The average molecular weight is 404 g/mol. The number of methoxy groups -OCH3 is 1. The van der Waals surface area contributed by atoms with Gasteiger partial charge in [0, 0.05) is 24.4 Å². The molecule has 152 valence electrons.